The molecule has 2 N–H and O–H groups in total. The van der Waals surface area contributed by atoms with E-state index in [-0.39, 0.29) is 0 Å². The fourth-order valence-electron chi connectivity index (χ4n) is 4.14. The highest BCUT2D eigenvalue weighted by atomic mass is 16.5. The third-order valence-corrected chi connectivity index (χ3v) is 5.32. The zero-order valence-electron chi connectivity index (χ0n) is 16.1. The van der Waals surface area contributed by atoms with E-state index >= 15 is 0 Å². The van der Waals surface area contributed by atoms with Crippen LogP contribution in [0.5, 0.6) is 23.0 Å². The predicted molar refractivity (Wildman–Crippen MR) is 111 cm³/mol. The molecule has 0 atom stereocenters. The molecule has 0 aliphatic carbocycles. The second kappa shape index (κ2) is 5.99. The number of hydrogen-bond donors (Lipinski definition) is 2. The van der Waals surface area contributed by atoms with Crippen molar-refractivity contribution in [2.75, 3.05) is 28.4 Å². The number of aromatic amines is 2. The van der Waals surface area contributed by atoms with Crippen LogP contribution in [0.25, 0.3) is 43.6 Å². The molecule has 3 aromatic carbocycles. The number of benzene rings is 3. The van der Waals surface area contributed by atoms with Crippen LogP contribution in [0.4, 0.5) is 0 Å². The summed E-state index contributed by atoms with van der Waals surface area (Å²) in [5.41, 5.74) is 3.84. The molecule has 5 aromatic rings. The van der Waals surface area contributed by atoms with E-state index in [0.29, 0.717) is 17.2 Å². The summed E-state index contributed by atoms with van der Waals surface area (Å²) in [6.45, 7) is 0. The van der Waals surface area contributed by atoms with E-state index in [2.05, 4.69) is 22.1 Å². The van der Waals surface area contributed by atoms with E-state index in [1.807, 2.05) is 24.3 Å². The summed E-state index contributed by atoms with van der Waals surface area (Å²) in [7, 11) is 6.62. The van der Waals surface area contributed by atoms with Gasteiger partial charge in [0.05, 0.1) is 61.1 Å². The Balaban J connectivity index is 2.10. The molecule has 0 fully saturated rings. The molecule has 0 unspecified atom stereocenters. The first-order valence-corrected chi connectivity index (χ1v) is 8.93. The number of ether oxygens (including phenoxy) is 4. The van der Waals surface area contributed by atoms with E-state index in [1.165, 1.54) is 0 Å². The molecular formula is C22H20N2O4. The minimum atomic E-state index is 0.671. The lowest BCUT2D eigenvalue weighted by molar-refractivity contribution is 0.362. The van der Waals surface area contributed by atoms with E-state index in [4.69, 9.17) is 18.9 Å². The predicted octanol–water partition coefficient (Wildman–Crippen LogP) is 4.99. The lowest BCUT2D eigenvalue weighted by atomic mass is 10.1. The minimum absolute atomic E-state index is 0.671. The molecule has 0 spiro atoms. The van der Waals surface area contributed by atoms with Crippen LogP contribution in [0.2, 0.25) is 0 Å². The average molecular weight is 376 g/mol. The van der Waals surface area contributed by atoms with Crippen LogP contribution >= 0.6 is 0 Å². The van der Waals surface area contributed by atoms with Gasteiger partial charge in [0, 0.05) is 23.0 Å². The van der Waals surface area contributed by atoms with Crippen molar-refractivity contribution in [3.05, 3.63) is 36.4 Å². The molecule has 6 heteroatoms. The second-order valence-electron chi connectivity index (χ2n) is 6.61. The third kappa shape index (κ3) is 2.03. The number of hydrogen-bond acceptors (Lipinski definition) is 4. The molecule has 0 saturated carbocycles. The highest BCUT2D eigenvalue weighted by molar-refractivity contribution is 6.27. The maximum Gasteiger partial charge on any atom is 0.171 e. The number of para-hydroxylation sites is 1. The number of fused-ring (bicyclic) bond motifs is 7. The van der Waals surface area contributed by atoms with Crippen LogP contribution in [0.1, 0.15) is 0 Å². The summed E-state index contributed by atoms with van der Waals surface area (Å²) in [6.07, 6.45) is 0. The Bertz CT molecular complexity index is 1360. The maximum absolute atomic E-state index is 5.85. The Labute approximate surface area is 160 Å². The number of aromatic nitrogens is 2. The van der Waals surface area contributed by atoms with Crippen LogP contribution in [0, 0.1) is 0 Å². The Hall–Kier alpha value is -3.54. The van der Waals surface area contributed by atoms with Crippen LogP contribution in [-0.2, 0) is 0 Å². The lowest BCUT2D eigenvalue weighted by Crippen LogP contribution is -1.93. The van der Waals surface area contributed by atoms with Crippen LogP contribution in [0.3, 0.4) is 0 Å². The van der Waals surface area contributed by atoms with E-state index < -0.39 is 0 Å². The maximum atomic E-state index is 5.85. The number of H-pyrrole nitrogens is 2. The quantitative estimate of drug-likeness (QED) is 0.464. The third-order valence-electron chi connectivity index (χ3n) is 5.32. The Morgan fingerprint density at radius 2 is 1.32 bits per heavy atom. The highest BCUT2D eigenvalue weighted by Gasteiger charge is 2.25. The average Bonchev–Trinajstić information content (AvgIpc) is 3.30. The molecule has 0 radical (unpaired) electrons. The van der Waals surface area contributed by atoms with Gasteiger partial charge >= 0.3 is 0 Å². The smallest absolute Gasteiger partial charge is 0.171 e. The Morgan fingerprint density at radius 3 is 2.04 bits per heavy atom. The molecule has 142 valence electrons. The van der Waals surface area contributed by atoms with Gasteiger partial charge in [-0.25, -0.2) is 0 Å². The van der Waals surface area contributed by atoms with Crippen LogP contribution in [0.15, 0.2) is 36.4 Å². The van der Waals surface area contributed by atoms with Crippen molar-refractivity contribution in [2.45, 2.75) is 0 Å². The van der Waals surface area contributed by atoms with Gasteiger partial charge in [0.15, 0.2) is 11.5 Å². The van der Waals surface area contributed by atoms with Gasteiger partial charge in [0.2, 0.25) is 0 Å². The SMILES string of the molecule is COc1cc(OC)c2c(c1)[nH]c1c3[nH]c4ccccc4c3c(OC)c(OC)c12. The van der Waals surface area contributed by atoms with Crippen molar-refractivity contribution < 1.29 is 18.9 Å². The molecule has 28 heavy (non-hydrogen) atoms. The van der Waals surface area contributed by atoms with Crippen LogP contribution in [-0.4, -0.2) is 38.4 Å². The summed E-state index contributed by atoms with van der Waals surface area (Å²) in [6, 6.07) is 12.0. The molecule has 2 heterocycles. The normalized spacial score (nSPS) is 11.6. The standard InChI is InChI=1S/C22H20N2O4/c1-25-11-9-14-17(15(10-11)26-2)18-20(24-14)19-16(21(27-3)22(18)28-4)12-7-5-6-8-13(12)23-19/h5-10,23-24H,1-4H3. The first-order chi connectivity index (χ1) is 13.7. The van der Waals surface area contributed by atoms with Gasteiger partial charge in [-0.2, -0.15) is 0 Å². The van der Waals surface area contributed by atoms with Crippen LogP contribution < -0.4 is 18.9 Å². The lowest BCUT2D eigenvalue weighted by Gasteiger charge is -2.12. The number of methoxy groups -OCH3 is 4. The topological polar surface area (TPSA) is 68.5 Å². The molecule has 0 aliphatic rings. The minimum Gasteiger partial charge on any atom is -0.497 e. The zero-order valence-corrected chi connectivity index (χ0v) is 16.1. The van der Waals surface area contributed by atoms with Gasteiger partial charge in [-0.05, 0) is 6.07 Å². The van der Waals surface area contributed by atoms with Crippen molar-refractivity contribution in [3.63, 3.8) is 0 Å². The molecule has 0 saturated heterocycles. The largest absolute Gasteiger partial charge is 0.497 e. The van der Waals surface area contributed by atoms with Gasteiger partial charge < -0.3 is 28.9 Å². The molecule has 5 rings (SSSR count). The summed E-state index contributed by atoms with van der Waals surface area (Å²) in [5, 5.41) is 3.90. The number of nitrogens with one attached hydrogen (secondary N) is 2. The fraction of sp³-hybridized carbons (Fsp3) is 0.182. The summed E-state index contributed by atoms with van der Waals surface area (Å²) in [5.74, 6) is 2.79. The summed E-state index contributed by atoms with van der Waals surface area (Å²) in [4.78, 5) is 7.07. The van der Waals surface area contributed by atoms with Gasteiger partial charge in [-0.3, -0.25) is 0 Å². The van der Waals surface area contributed by atoms with Gasteiger partial charge in [0.25, 0.3) is 0 Å². The molecule has 6 nitrogen and oxygen atoms in total. The Kier molecular flexibility index (Phi) is 3.55. The monoisotopic (exact) mass is 376 g/mol. The number of rotatable bonds is 4. The molecule has 0 aliphatic heterocycles. The highest BCUT2D eigenvalue weighted by Crippen LogP contribution is 2.50. The van der Waals surface area contributed by atoms with E-state index in [0.717, 1.165) is 49.4 Å². The summed E-state index contributed by atoms with van der Waals surface area (Å²) >= 11 is 0. The van der Waals surface area contributed by atoms with Crippen molar-refractivity contribution >= 4 is 43.6 Å². The second-order valence-corrected chi connectivity index (χ2v) is 6.61. The molecule has 0 bridgehead atoms. The first kappa shape index (κ1) is 16.6. The van der Waals surface area contributed by atoms with Crippen molar-refractivity contribution in [2.24, 2.45) is 0 Å². The molecule has 0 amide bonds. The Morgan fingerprint density at radius 1 is 0.643 bits per heavy atom. The van der Waals surface area contributed by atoms with Gasteiger partial charge in [-0.1, -0.05) is 18.2 Å². The summed E-state index contributed by atoms with van der Waals surface area (Å²) < 4.78 is 22.8. The van der Waals surface area contributed by atoms with Gasteiger partial charge in [0.1, 0.15) is 11.5 Å². The zero-order chi connectivity index (χ0) is 19.4. The molecule has 2 aromatic heterocycles. The fourth-order valence-corrected chi connectivity index (χ4v) is 4.14. The van der Waals surface area contributed by atoms with Crippen molar-refractivity contribution in [1.29, 1.82) is 0 Å². The van der Waals surface area contributed by atoms with E-state index in [1.54, 1.807) is 28.4 Å². The first-order valence-electron chi connectivity index (χ1n) is 8.93. The van der Waals surface area contributed by atoms with E-state index in [9.17, 15) is 0 Å². The van der Waals surface area contributed by atoms with Crippen molar-refractivity contribution in [1.82, 2.24) is 9.97 Å². The molecular weight excluding hydrogens is 356 g/mol. The van der Waals surface area contributed by atoms with Crippen molar-refractivity contribution in [3.8, 4) is 23.0 Å². The van der Waals surface area contributed by atoms with Gasteiger partial charge in [-0.15, -0.1) is 0 Å².